The molecular formula is C12H22N2O4. The number of carboxylic acid groups (broad SMARTS) is 1. The third-order valence-corrected chi connectivity index (χ3v) is 2.92. The van der Waals surface area contributed by atoms with Crippen LogP contribution in [0.1, 0.15) is 26.7 Å². The Balaban J connectivity index is 2.48. The molecule has 1 aliphatic rings. The van der Waals surface area contributed by atoms with E-state index in [1.165, 1.54) is 0 Å². The van der Waals surface area contributed by atoms with Gasteiger partial charge < -0.3 is 20.1 Å². The molecule has 1 saturated heterocycles. The highest BCUT2D eigenvalue weighted by atomic mass is 16.5. The lowest BCUT2D eigenvalue weighted by Gasteiger charge is -2.32. The van der Waals surface area contributed by atoms with Crippen molar-refractivity contribution in [2.75, 3.05) is 26.3 Å². The van der Waals surface area contributed by atoms with Crippen LogP contribution in [-0.2, 0) is 14.3 Å². The van der Waals surface area contributed by atoms with Crippen LogP contribution in [0, 0.1) is 0 Å². The standard InChI is InChI=1S/C12H22N2O4/c1-9(2)14(6-3-4-11(15)16)12(17)10-8-18-7-5-13-10/h9-10,13H,3-8H2,1-2H3,(H,15,16). The van der Waals surface area contributed by atoms with Crippen LogP contribution in [0.3, 0.4) is 0 Å². The van der Waals surface area contributed by atoms with Gasteiger partial charge in [0.05, 0.1) is 13.2 Å². The van der Waals surface area contributed by atoms with Gasteiger partial charge in [-0.05, 0) is 20.3 Å². The van der Waals surface area contributed by atoms with Crippen molar-refractivity contribution in [3.8, 4) is 0 Å². The summed E-state index contributed by atoms with van der Waals surface area (Å²) in [5, 5.41) is 11.7. The molecule has 0 aromatic carbocycles. The highest BCUT2D eigenvalue weighted by Gasteiger charge is 2.27. The summed E-state index contributed by atoms with van der Waals surface area (Å²) in [7, 11) is 0. The molecule has 1 atom stereocenters. The molecule has 0 aromatic rings. The quantitative estimate of drug-likeness (QED) is 0.705. The van der Waals surface area contributed by atoms with Crippen LogP contribution >= 0.6 is 0 Å². The van der Waals surface area contributed by atoms with Gasteiger partial charge in [-0.3, -0.25) is 9.59 Å². The summed E-state index contributed by atoms with van der Waals surface area (Å²) in [6.45, 7) is 6.04. The van der Waals surface area contributed by atoms with Crippen molar-refractivity contribution < 1.29 is 19.4 Å². The Morgan fingerprint density at radius 2 is 2.22 bits per heavy atom. The van der Waals surface area contributed by atoms with Gasteiger partial charge in [-0.25, -0.2) is 0 Å². The van der Waals surface area contributed by atoms with E-state index in [2.05, 4.69) is 5.32 Å². The van der Waals surface area contributed by atoms with E-state index in [-0.39, 0.29) is 24.4 Å². The number of nitrogens with zero attached hydrogens (tertiary/aromatic N) is 1. The van der Waals surface area contributed by atoms with Gasteiger partial charge in [0.2, 0.25) is 5.91 Å². The molecule has 0 aromatic heterocycles. The molecule has 6 heteroatoms. The van der Waals surface area contributed by atoms with Crippen molar-refractivity contribution in [3.63, 3.8) is 0 Å². The number of carbonyl (C=O) groups excluding carboxylic acids is 1. The van der Waals surface area contributed by atoms with Crippen molar-refractivity contribution >= 4 is 11.9 Å². The first-order chi connectivity index (χ1) is 8.52. The van der Waals surface area contributed by atoms with Crippen molar-refractivity contribution in [2.24, 2.45) is 0 Å². The van der Waals surface area contributed by atoms with Gasteiger partial charge in [0.25, 0.3) is 0 Å². The van der Waals surface area contributed by atoms with E-state index in [1.54, 1.807) is 4.90 Å². The Morgan fingerprint density at radius 3 is 2.72 bits per heavy atom. The number of ether oxygens (including phenoxy) is 1. The molecule has 0 spiro atoms. The van der Waals surface area contributed by atoms with Crippen molar-refractivity contribution in [3.05, 3.63) is 0 Å². The number of rotatable bonds is 6. The van der Waals surface area contributed by atoms with Gasteiger partial charge in [0.1, 0.15) is 6.04 Å². The largest absolute Gasteiger partial charge is 0.481 e. The van der Waals surface area contributed by atoms with Crippen molar-refractivity contribution in [1.29, 1.82) is 0 Å². The van der Waals surface area contributed by atoms with E-state index >= 15 is 0 Å². The number of hydrogen-bond acceptors (Lipinski definition) is 4. The molecular weight excluding hydrogens is 236 g/mol. The topological polar surface area (TPSA) is 78.9 Å². The number of hydrogen-bond donors (Lipinski definition) is 2. The van der Waals surface area contributed by atoms with Crippen LogP contribution in [0.5, 0.6) is 0 Å². The molecule has 1 heterocycles. The SMILES string of the molecule is CC(C)N(CCCC(=O)O)C(=O)C1COCCN1. The third kappa shape index (κ3) is 4.62. The molecule has 0 radical (unpaired) electrons. The molecule has 6 nitrogen and oxygen atoms in total. The first-order valence-electron chi connectivity index (χ1n) is 6.35. The van der Waals surface area contributed by atoms with Gasteiger partial charge in [-0.1, -0.05) is 0 Å². The molecule has 1 rings (SSSR count). The van der Waals surface area contributed by atoms with Crippen molar-refractivity contribution in [2.45, 2.75) is 38.8 Å². The molecule has 2 N–H and O–H groups in total. The Labute approximate surface area is 107 Å². The number of morpholine rings is 1. The van der Waals surface area contributed by atoms with Gasteiger partial charge in [0, 0.05) is 25.6 Å². The highest BCUT2D eigenvalue weighted by Crippen LogP contribution is 2.07. The fourth-order valence-corrected chi connectivity index (χ4v) is 1.95. The maximum absolute atomic E-state index is 12.3. The van der Waals surface area contributed by atoms with E-state index in [0.717, 1.165) is 0 Å². The number of amides is 1. The minimum atomic E-state index is -0.828. The van der Waals surface area contributed by atoms with Crippen LogP contribution < -0.4 is 5.32 Å². The predicted octanol–water partition coefficient (Wildman–Crippen LogP) is 0.0766. The summed E-state index contributed by atoms with van der Waals surface area (Å²) in [6.07, 6.45) is 0.567. The van der Waals surface area contributed by atoms with E-state index in [1.807, 2.05) is 13.8 Å². The molecule has 1 fully saturated rings. The lowest BCUT2D eigenvalue weighted by Crippen LogP contribution is -2.54. The van der Waals surface area contributed by atoms with Crippen LogP contribution in [0.4, 0.5) is 0 Å². The second-order valence-electron chi connectivity index (χ2n) is 4.70. The van der Waals surface area contributed by atoms with Gasteiger partial charge in [-0.2, -0.15) is 0 Å². The van der Waals surface area contributed by atoms with Crippen molar-refractivity contribution in [1.82, 2.24) is 10.2 Å². The second-order valence-corrected chi connectivity index (χ2v) is 4.70. The van der Waals surface area contributed by atoms with E-state index in [4.69, 9.17) is 9.84 Å². The molecule has 1 aliphatic heterocycles. The van der Waals surface area contributed by atoms with E-state index in [9.17, 15) is 9.59 Å². The third-order valence-electron chi connectivity index (χ3n) is 2.92. The Kier molecular flexibility index (Phi) is 6.07. The number of carbonyl (C=O) groups is 2. The summed E-state index contributed by atoms with van der Waals surface area (Å²) in [6, 6.07) is -0.235. The zero-order chi connectivity index (χ0) is 13.5. The lowest BCUT2D eigenvalue weighted by molar-refractivity contribution is -0.140. The molecule has 104 valence electrons. The number of carboxylic acids is 1. The van der Waals surface area contributed by atoms with Crippen LogP contribution in [0.15, 0.2) is 0 Å². The Bertz CT molecular complexity index is 288. The van der Waals surface area contributed by atoms with Crippen LogP contribution in [0.25, 0.3) is 0 Å². The molecule has 0 aliphatic carbocycles. The second kappa shape index (κ2) is 7.33. The summed E-state index contributed by atoms with van der Waals surface area (Å²) in [5.74, 6) is -0.833. The molecule has 1 unspecified atom stereocenters. The smallest absolute Gasteiger partial charge is 0.303 e. The Hall–Kier alpha value is -1.14. The average molecular weight is 258 g/mol. The zero-order valence-corrected chi connectivity index (χ0v) is 11.0. The van der Waals surface area contributed by atoms with E-state index < -0.39 is 5.97 Å². The summed E-state index contributed by atoms with van der Waals surface area (Å²) in [5.41, 5.74) is 0. The summed E-state index contributed by atoms with van der Waals surface area (Å²) >= 11 is 0. The first-order valence-corrected chi connectivity index (χ1v) is 6.35. The molecule has 0 bridgehead atoms. The fraction of sp³-hybridized carbons (Fsp3) is 0.833. The first kappa shape index (κ1) is 14.9. The maximum Gasteiger partial charge on any atom is 0.303 e. The number of nitrogens with one attached hydrogen (secondary N) is 1. The average Bonchev–Trinajstić information content (AvgIpc) is 2.34. The van der Waals surface area contributed by atoms with Gasteiger partial charge in [-0.15, -0.1) is 0 Å². The van der Waals surface area contributed by atoms with Gasteiger partial charge in [0.15, 0.2) is 0 Å². The summed E-state index contributed by atoms with van der Waals surface area (Å²) < 4.78 is 5.27. The minimum absolute atomic E-state index is 0.00455. The van der Waals surface area contributed by atoms with Crippen LogP contribution in [-0.4, -0.2) is 60.3 Å². The zero-order valence-electron chi connectivity index (χ0n) is 11.0. The highest BCUT2D eigenvalue weighted by molar-refractivity contribution is 5.82. The lowest BCUT2D eigenvalue weighted by atomic mass is 10.2. The predicted molar refractivity (Wildman–Crippen MR) is 66.3 cm³/mol. The molecule has 0 saturated carbocycles. The monoisotopic (exact) mass is 258 g/mol. The normalized spacial score (nSPS) is 19.8. The maximum atomic E-state index is 12.3. The minimum Gasteiger partial charge on any atom is -0.481 e. The molecule has 1 amide bonds. The number of aliphatic carboxylic acids is 1. The fourth-order valence-electron chi connectivity index (χ4n) is 1.95. The van der Waals surface area contributed by atoms with Gasteiger partial charge >= 0.3 is 5.97 Å². The summed E-state index contributed by atoms with van der Waals surface area (Å²) in [4.78, 5) is 24.5. The van der Waals surface area contributed by atoms with E-state index in [0.29, 0.717) is 32.7 Å². The Morgan fingerprint density at radius 1 is 1.50 bits per heavy atom. The van der Waals surface area contributed by atoms with Crippen LogP contribution in [0.2, 0.25) is 0 Å². The molecule has 18 heavy (non-hydrogen) atoms.